The SMILES string of the molecule is COc1ccc(-c2nnc(SCCCC#N)n2-c2ccc(OC)cc2)cc1. The monoisotopic (exact) mass is 380 g/mol. The number of rotatable bonds is 8. The topological polar surface area (TPSA) is 73.0 Å². The lowest BCUT2D eigenvalue weighted by Crippen LogP contribution is -2.00. The highest BCUT2D eigenvalue weighted by Crippen LogP contribution is 2.30. The van der Waals surface area contributed by atoms with Gasteiger partial charge in [0.1, 0.15) is 11.5 Å². The van der Waals surface area contributed by atoms with Crippen LogP contribution in [0.2, 0.25) is 0 Å². The largest absolute Gasteiger partial charge is 0.497 e. The Balaban J connectivity index is 1.98. The lowest BCUT2D eigenvalue weighted by Gasteiger charge is -2.11. The average molecular weight is 380 g/mol. The molecule has 0 aliphatic heterocycles. The summed E-state index contributed by atoms with van der Waals surface area (Å²) in [5, 5.41) is 18.3. The molecule has 7 heteroatoms. The Morgan fingerprint density at radius 2 is 1.59 bits per heavy atom. The molecule has 138 valence electrons. The maximum Gasteiger partial charge on any atom is 0.196 e. The van der Waals surface area contributed by atoms with Crippen molar-refractivity contribution in [2.75, 3.05) is 20.0 Å². The summed E-state index contributed by atoms with van der Waals surface area (Å²) in [7, 11) is 3.29. The second kappa shape index (κ2) is 9.10. The molecule has 1 heterocycles. The van der Waals surface area contributed by atoms with Crippen LogP contribution < -0.4 is 9.47 Å². The van der Waals surface area contributed by atoms with E-state index in [1.165, 1.54) is 0 Å². The van der Waals surface area contributed by atoms with Crippen LogP contribution in [0, 0.1) is 11.3 Å². The molecule has 0 N–H and O–H groups in total. The molecule has 1 aromatic heterocycles. The smallest absolute Gasteiger partial charge is 0.196 e. The summed E-state index contributed by atoms with van der Waals surface area (Å²) >= 11 is 1.60. The van der Waals surface area contributed by atoms with Crippen LogP contribution in [0.1, 0.15) is 12.8 Å². The van der Waals surface area contributed by atoms with E-state index < -0.39 is 0 Å². The van der Waals surface area contributed by atoms with Gasteiger partial charge in [0.25, 0.3) is 0 Å². The normalized spacial score (nSPS) is 10.4. The number of unbranched alkanes of at least 4 members (excludes halogenated alkanes) is 1. The highest BCUT2D eigenvalue weighted by Gasteiger charge is 2.16. The van der Waals surface area contributed by atoms with Gasteiger partial charge in [0.05, 0.1) is 20.3 Å². The van der Waals surface area contributed by atoms with Crippen LogP contribution in [-0.4, -0.2) is 34.7 Å². The summed E-state index contributed by atoms with van der Waals surface area (Å²) < 4.78 is 12.5. The molecule has 0 saturated heterocycles. The molecule has 2 aromatic carbocycles. The van der Waals surface area contributed by atoms with Gasteiger partial charge in [0.2, 0.25) is 0 Å². The predicted molar refractivity (Wildman–Crippen MR) is 105 cm³/mol. The van der Waals surface area contributed by atoms with Gasteiger partial charge in [-0.25, -0.2) is 0 Å². The number of hydrogen-bond donors (Lipinski definition) is 0. The molecule has 0 amide bonds. The van der Waals surface area contributed by atoms with Crippen molar-refractivity contribution in [3.63, 3.8) is 0 Å². The molecule has 3 aromatic rings. The van der Waals surface area contributed by atoms with Crippen molar-refractivity contribution in [1.82, 2.24) is 14.8 Å². The first kappa shape index (κ1) is 18.8. The minimum Gasteiger partial charge on any atom is -0.497 e. The number of hydrogen-bond acceptors (Lipinski definition) is 6. The van der Waals surface area contributed by atoms with Crippen LogP contribution in [0.15, 0.2) is 53.7 Å². The van der Waals surface area contributed by atoms with Gasteiger partial charge in [0.15, 0.2) is 11.0 Å². The van der Waals surface area contributed by atoms with Crippen LogP contribution in [-0.2, 0) is 0 Å². The average Bonchev–Trinajstić information content (AvgIpc) is 3.15. The minimum atomic E-state index is 0.537. The Bertz CT molecular complexity index is 915. The van der Waals surface area contributed by atoms with Crippen molar-refractivity contribution in [1.29, 1.82) is 5.26 Å². The molecular weight excluding hydrogens is 360 g/mol. The van der Waals surface area contributed by atoms with Gasteiger partial charge in [-0.15, -0.1) is 10.2 Å². The van der Waals surface area contributed by atoms with Crippen LogP contribution in [0.25, 0.3) is 17.1 Å². The molecule has 0 aliphatic rings. The molecule has 0 unspecified atom stereocenters. The second-order valence-corrected chi connectivity index (χ2v) is 6.74. The molecular formula is C20H20N4O2S. The summed E-state index contributed by atoms with van der Waals surface area (Å²) in [4.78, 5) is 0. The Morgan fingerprint density at radius 1 is 0.963 bits per heavy atom. The van der Waals surface area contributed by atoms with Crippen molar-refractivity contribution in [2.24, 2.45) is 0 Å². The number of aromatic nitrogens is 3. The predicted octanol–water partition coefficient (Wildman–Crippen LogP) is 4.35. The van der Waals surface area contributed by atoms with E-state index in [1.807, 2.05) is 53.1 Å². The van der Waals surface area contributed by atoms with E-state index in [0.717, 1.165) is 45.9 Å². The van der Waals surface area contributed by atoms with Gasteiger partial charge in [-0.3, -0.25) is 4.57 Å². The molecule has 0 spiro atoms. The Hall–Kier alpha value is -2.98. The highest BCUT2D eigenvalue weighted by atomic mass is 32.2. The van der Waals surface area contributed by atoms with Crippen LogP contribution in [0.3, 0.4) is 0 Å². The molecule has 0 radical (unpaired) electrons. The van der Waals surface area contributed by atoms with Crippen molar-refractivity contribution in [3.8, 4) is 34.6 Å². The summed E-state index contributed by atoms with van der Waals surface area (Å²) in [5.74, 6) is 3.15. The fourth-order valence-corrected chi connectivity index (χ4v) is 3.46. The van der Waals surface area contributed by atoms with E-state index in [-0.39, 0.29) is 0 Å². The summed E-state index contributed by atoms with van der Waals surface area (Å²) in [6.45, 7) is 0. The zero-order valence-electron chi connectivity index (χ0n) is 15.3. The molecule has 0 saturated carbocycles. The first-order chi connectivity index (χ1) is 13.3. The Labute approximate surface area is 162 Å². The number of ether oxygens (including phenoxy) is 2. The van der Waals surface area contributed by atoms with Gasteiger partial charge in [-0.1, -0.05) is 11.8 Å². The zero-order chi connectivity index (χ0) is 19.1. The Morgan fingerprint density at radius 3 is 2.19 bits per heavy atom. The maximum atomic E-state index is 8.73. The minimum absolute atomic E-state index is 0.537. The summed E-state index contributed by atoms with van der Waals surface area (Å²) in [5.41, 5.74) is 1.90. The van der Waals surface area contributed by atoms with Crippen molar-refractivity contribution < 1.29 is 9.47 Å². The highest BCUT2D eigenvalue weighted by molar-refractivity contribution is 7.99. The fourth-order valence-electron chi connectivity index (χ4n) is 2.57. The first-order valence-electron chi connectivity index (χ1n) is 8.51. The van der Waals surface area contributed by atoms with Gasteiger partial charge in [0, 0.05) is 23.4 Å². The molecule has 0 atom stereocenters. The quantitative estimate of drug-likeness (QED) is 0.427. The summed E-state index contributed by atoms with van der Waals surface area (Å²) in [6, 6.07) is 17.7. The van der Waals surface area contributed by atoms with Crippen molar-refractivity contribution in [2.45, 2.75) is 18.0 Å². The van der Waals surface area contributed by atoms with Gasteiger partial charge in [-0.05, 0) is 55.0 Å². The van der Waals surface area contributed by atoms with Crippen LogP contribution in [0.5, 0.6) is 11.5 Å². The third-order valence-electron chi connectivity index (χ3n) is 3.98. The molecule has 6 nitrogen and oxygen atoms in total. The molecule has 3 rings (SSSR count). The van der Waals surface area contributed by atoms with Gasteiger partial charge in [-0.2, -0.15) is 5.26 Å². The zero-order valence-corrected chi connectivity index (χ0v) is 16.1. The fraction of sp³-hybridized carbons (Fsp3) is 0.250. The first-order valence-corrected chi connectivity index (χ1v) is 9.49. The number of thioether (sulfide) groups is 1. The maximum absolute atomic E-state index is 8.73. The molecule has 27 heavy (non-hydrogen) atoms. The van der Waals surface area contributed by atoms with Crippen molar-refractivity contribution in [3.05, 3.63) is 48.5 Å². The summed E-state index contributed by atoms with van der Waals surface area (Å²) in [6.07, 6.45) is 1.35. The van der Waals surface area contributed by atoms with Crippen molar-refractivity contribution >= 4 is 11.8 Å². The van der Waals surface area contributed by atoms with E-state index >= 15 is 0 Å². The second-order valence-electron chi connectivity index (χ2n) is 5.68. The third-order valence-corrected chi connectivity index (χ3v) is 4.99. The number of nitriles is 1. The van der Waals surface area contributed by atoms with Crippen LogP contribution in [0.4, 0.5) is 0 Å². The van der Waals surface area contributed by atoms with Gasteiger partial charge >= 0.3 is 0 Å². The lowest BCUT2D eigenvalue weighted by atomic mass is 10.2. The van der Waals surface area contributed by atoms with E-state index in [9.17, 15) is 0 Å². The Kier molecular flexibility index (Phi) is 6.34. The van der Waals surface area contributed by atoms with Crippen LogP contribution >= 0.6 is 11.8 Å². The standard InChI is InChI=1S/C20H20N4O2S/c1-25-17-9-5-15(6-10-17)19-22-23-20(27-14-4-3-13-21)24(19)16-7-11-18(26-2)12-8-16/h5-12H,3-4,14H2,1-2H3. The number of methoxy groups -OCH3 is 2. The van der Waals surface area contributed by atoms with E-state index in [0.29, 0.717) is 6.42 Å². The van der Waals surface area contributed by atoms with E-state index in [4.69, 9.17) is 14.7 Å². The lowest BCUT2D eigenvalue weighted by molar-refractivity contribution is 0.414. The number of nitrogens with zero attached hydrogens (tertiary/aromatic N) is 4. The van der Waals surface area contributed by atoms with E-state index in [1.54, 1.807) is 26.0 Å². The third kappa shape index (κ3) is 4.41. The van der Waals surface area contributed by atoms with Gasteiger partial charge < -0.3 is 9.47 Å². The van der Waals surface area contributed by atoms with E-state index in [2.05, 4.69) is 16.3 Å². The molecule has 0 aliphatic carbocycles. The number of benzene rings is 2. The molecule has 0 fully saturated rings. The molecule has 0 bridgehead atoms.